The number of nitrogens with zero attached hydrogens (tertiary/aromatic N) is 1. The number of carbonyl (C=O) groups is 5. The predicted molar refractivity (Wildman–Crippen MR) is 171 cm³/mol. The molecule has 0 fully saturated rings. The molecular formula is C32H46N4O9S. The van der Waals surface area contributed by atoms with Gasteiger partial charge in [0.1, 0.15) is 22.6 Å². The summed E-state index contributed by atoms with van der Waals surface area (Å²) in [6, 6.07) is 6.85. The zero-order valence-corrected chi connectivity index (χ0v) is 28.2. The molecule has 0 bridgehead atoms. The summed E-state index contributed by atoms with van der Waals surface area (Å²) in [5, 5.41) is 9.03. The van der Waals surface area contributed by atoms with Crippen LogP contribution >= 0.6 is 11.3 Å². The molecule has 1 heterocycles. The largest absolute Gasteiger partial charge is 0.466 e. The first-order valence-corrected chi connectivity index (χ1v) is 15.9. The van der Waals surface area contributed by atoms with E-state index in [1.54, 1.807) is 13.8 Å². The average Bonchev–Trinajstić information content (AvgIpc) is 3.45. The molecule has 46 heavy (non-hydrogen) atoms. The lowest BCUT2D eigenvalue weighted by atomic mass is 9.90. The minimum atomic E-state index is -1.10. The van der Waals surface area contributed by atoms with Crippen LogP contribution in [0.25, 0.3) is 0 Å². The summed E-state index contributed by atoms with van der Waals surface area (Å²) in [5.74, 6) is -2.49. The highest BCUT2D eigenvalue weighted by Crippen LogP contribution is 2.25. The fourth-order valence-corrected chi connectivity index (χ4v) is 5.26. The Kier molecular flexibility index (Phi) is 16.3. The van der Waals surface area contributed by atoms with Crippen molar-refractivity contribution in [3.8, 4) is 0 Å². The molecule has 2 rings (SSSR count). The number of aromatic nitrogens is 1. The fraction of sp³-hybridized carbons (Fsp3) is 0.562. The highest BCUT2D eigenvalue weighted by molar-refractivity contribution is 7.13. The van der Waals surface area contributed by atoms with Crippen molar-refractivity contribution in [3.63, 3.8) is 0 Å². The van der Waals surface area contributed by atoms with Crippen LogP contribution in [0.3, 0.4) is 0 Å². The van der Waals surface area contributed by atoms with Crippen LogP contribution < -0.4 is 16.0 Å². The fourth-order valence-electron chi connectivity index (χ4n) is 4.58. The maximum atomic E-state index is 13.6. The number of ether oxygens (including phenoxy) is 4. The number of hydrogen-bond donors (Lipinski definition) is 3. The van der Waals surface area contributed by atoms with Crippen molar-refractivity contribution in [3.05, 3.63) is 52.0 Å². The van der Waals surface area contributed by atoms with E-state index in [0.717, 1.165) is 5.56 Å². The van der Waals surface area contributed by atoms with E-state index in [2.05, 4.69) is 20.9 Å². The molecule has 0 spiro atoms. The second-order valence-corrected chi connectivity index (χ2v) is 12.3. The molecule has 1 aromatic carbocycles. The van der Waals surface area contributed by atoms with Gasteiger partial charge < -0.3 is 34.9 Å². The van der Waals surface area contributed by atoms with E-state index >= 15 is 0 Å². The Labute approximate surface area is 274 Å². The number of nitrogens with one attached hydrogen (secondary N) is 3. The number of thiazole rings is 1. The Morgan fingerprint density at radius 1 is 0.957 bits per heavy atom. The summed E-state index contributed by atoms with van der Waals surface area (Å²) in [5.41, 5.74) is 0.0288. The number of hydrogen-bond acceptors (Lipinski definition) is 11. The van der Waals surface area contributed by atoms with Crippen LogP contribution in [-0.2, 0) is 44.5 Å². The molecule has 0 unspecified atom stereocenters. The maximum Gasteiger partial charge on any atom is 0.306 e. The summed E-state index contributed by atoms with van der Waals surface area (Å²) < 4.78 is 21.2. The average molecular weight is 663 g/mol. The van der Waals surface area contributed by atoms with Gasteiger partial charge in [0.05, 0.1) is 31.0 Å². The molecule has 0 aliphatic carbocycles. The van der Waals surface area contributed by atoms with E-state index in [0.29, 0.717) is 29.1 Å². The van der Waals surface area contributed by atoms with E-state index in [9.17, 15) is 24.0 Å². The molecule has 13 nitrogen and oxygen atoms in total. The summed E-state index contributed by atoms with van der Waals surface area (Å²) in [4.78, 5) is 67.7. The molecule has 0 aliphatic heterocycles. The van der Waals surface area contributed by atoms with Gasteiger partial charge in [-0.1, -0.05) is 37.3 Å². The highest BCUT2D eigenvalue weighted by atomic mass is 32.1. The molecule has 3 amide bonds. The Morgan fingerprint density at radius 3 is 2.15 bits per heavy atom. The molecule has 3 N–H and O–H groups in total. The Balaban J connectivity index is 2.17. The van der Waals surface area contributed by atoms with Gasteiger partial charge in [-0.25, -0.2) is 4.98 Å². The minimum Gasteiger partial charge on any atom is -0.466 e. The van der Waals surface area contributed by atoms with Gasteiger partial charge in [-0.05, 0) is 38.7 Å². The van der Waals surface area contributed by atoms with Crippen molar-refractivity contribution >= 4 is 41.0 Å². The standard InChI is InChI=1S/C32H46N4O9S/c1-7-32(4,45-28(38)14-11-15-44-22(3)37)17-24(16-23-12-9-8-10-13-23)34-29(39)25(19-42-5)35-30(40)26(20-43-6)36-31(41)27-18-33-21(2)46-27/h8-10,12-13,18,24-26H,7,11,14-17,19-20H2,1-6H3,(H,34,39)(H,35,40)(H,36,41)/t24-,25-,26-,32+/m0/s1. The zero-order chi connectivity index (χ0) is 34.1. The number of amides is 3. The first kappa shape index (κ1) is 38.3. The van der Waals surface area contributed by atoms with E-state index in [1.807, 2.05) is 37.3 Å². The van der Waals surface area contributed by atoms with Crippen LogP contribution in [0.1, 0.15) is 66.7 Å². The van der Waals surface area contributed by atoms with Crippen LogP contribution in [0.15, 0.2) is 36.5 Å². The van der Waals surface area contributed by atoms with Gasteiger partial charge in [-0.2, -0.15) is 0 Å². The first-order valence-electron chi connectivity index (χ1n) is 15.1. The molecule has 0 saturated carbocycles. The second-order valence-electron chi connectivity index (χ2n) is 11.1. The van der Waals surface area contributed by atoms with Crippen molar-refractivity contribution in [1.29, 1.82) is 0 Å². The molecule has 254 valence electrons. The van der Waals surface area contributed by atoms with E-state index in [1.165, 1.54) is 38.7 Å². The smallest absolute Gasteiger partial charge is 0.306 e. The molecule has 14 heteroatoms. The van der Waals surface area contributed by atoms with Gasteiger partial charge in [-0.15, -0.1) is 11.3 Å². The Hall–Kier alpha value is -3.88. The molecule has 0 aliphatic rings. The Bertz CT molecular complexity index is 1290. The number of methoxy groups -OCH3 is 2. The van der Waals surface area contributed by atoms with Gasteiger partial charge in [-0.3, -0.25) is 24.0 Å². The SMILES string of the molecule is CC[C@](C)(C[C@H](Cc1ccccc1)NC(=O)[C@H](COC)NC(=O)[C@H](COC)NC(=O)c1cnc(C)s1)OC(=O)CCCOC(C)=O. The van der Waals surface area contributed by atoms with Gasteiger partial charge in [0.15, 0.2) is 0 Å². The summed E-state index contributed by atoms with van der Waals surface area (Å²) in [6.45, 7) is 6.61. The van der Waals surface area contributed by atoms with Crippen molar-refractivity contribution in [2.45, 2.75) is 83.5 Å². The highest BCUT2D eigenvalue weighted by Gasteiger charge is 2.34. The van der Waals surface area contributed by atoms with E-state index in [4.69, 9.17) is 18.9 Å². The number of aryl methyl sites for hydroxylation is 1. The van der Waals surface area contributed by atoms with Crippen molar-refractivity contribution < 1.29 is 42.9 Å². The molecule has 0 radical (unpaired) electrons. The van der Waals surface area contributed by atoms with Crippen LogP contribution in [0, 0.1) is 6.92 Å². The minimum absolute atomic E-state index is 0.0717. The number of rotatable bonds is 20. The van der Waals surface area contributed by atoms with E-state index < -0.39 is 53.4 Å². The first-order chi connectivity index (χ1) is 21.9. The second kappa shape index (κ2) is 19.6. The maximum absolute atomic E-state index is 13.6. The van der Waals surface area contributed by atoms with Crippen LogP contribution in [-0.4, -0.2) is 92.4 Å². The summed E-state index contributed by atoms with van der Waals surface area (Å²) >= 11 is 1.19. The van der Waals surface area contributed by atoms with E-state index in [-0.39, 0.29) is 32.7 Å². The lowest BCUT2D eigenvalue weighted by Crippen LogP contribution is -2.58. The third-order valence-corrected chi connectivity index (χ3v) is 7.97. The zero-order valence-electron chi connectivity index (χ0n) is 27.4. The third-order valence-electron chi connectivity index (χ3n) is 7.05. The molecule has 4 atom stereocenters. The number of esters is 2. The van der Waals surface area contributed by atoms with Gasteiger partial charge in [0.25, 0.3) is 5.91 Å². The van der Waals surface area contributed by atoms with Crippen LogP contribution in [0.4, 0.5) is 0 Å². The van der Waals surface area contributed by atoms with Crippen molar-refractivity contribution in [2.24, 2.45) is 0 Å². The molecular weight excluding hydrogens is 616 g/mol. The van der Waals surface area contributed by atoms with Crippen LogP contribution in [0.2, 0.25) is 0 Å². The van der Waals surface area contributed by atoms with Crippen molar-refractivity contribution in [2.75, 3.05) is 34.0 Å². The van der Waals surface area contributed by atoms with Gasteiger partial charge >= 0.3 is 11.9 Å². The van der Waals surface area contributed by atoms with Crippen LogP contribution in [0.5, 0.6) is 0 Å². The quantitative estimate of drug-likeness (QED) is 0.141. The van der Waals surface area contributed by atoms with Gasteiger partial charge in [0.2, 0.25) is 11.8 Å². The molecule has 0 saturated heterocycles. The molecule has 2 aromatic rings. The third kappa shape index (κ3) is 13.6. The van der Waals surface area contributed by atoms with Gasteiger partial charge in [0, 0.05) is 40.0 Å². The monoisotopic (exact) mass is 662 g/mol. The van der Waals surface area contributed by atoms with Crippen molar-refractivity contribution in [1.82, 2.24) is 20.9 Å². The number of benzene rings is 1. The molecule has 1 aromatic heterocycles. The summed E-state index contributed by atoms with van der Waals surface area (Å²) in [6.07, 6.45) is 3.01. The summed E-state index contributed by atoms with van der Waals surface area (Å²) in [7, 11) is 2.80. The topological polar surface area (TPSA) is 171 Å². The number of carbonyl (C=O) groups excluding carboxylic acids is 5. The lowest BCUT2D eigenvalue weighted by molar-refractivity contribution is -0.161. The normalized spacial score (nSPS) is 14.2. The Morgan fingerprint density at radius 2 is 1.59 bits per heavy atom. The predicted octanol–water partition coefficient (Wildman–Crippen LogP) is 2.50. The lowest BCUT2D eigenvalue weighted by Gasteiger charge is -2.33.